The summed E-state index contributed by atoms with van der Waals surface area (Å²) in [5, 5.41) is 10.7. The number of para-hydroxylation sites is 2. The van der Waals surface area contributed by atoms with Gasteiger partial charge in [-0.3, -0.25) is 9.59 Å². The van der Waals surface area contributed by atoms with E-state index in [-0.39, 0.29) is 18.2 Å². The first kappa shape index (κ1) is 17.4. The third-order valence-corrected chi connectivity index (χ3v) is 4.94. The van der Waals surface area contributed by atoms with Gasteiger partial charge in [0.25, 0.3) is 0 Å². The van der Waals surface area contributed by atoms with Crippen molar-refractivity contribution in [1.82, 2.24) is 15.0 Å². The average molecular weight is 426 g/mol. The second-order valence-electron chi connectivity index (χ2n) is 6.24. The molecule has 1 aromatic heterocycles. The van der Waals surface area contributed by atoms with Crippen LogP contribution in [0, 0.1) is 5.92 Å². The minimum atomic E-state index is -0.416. The van der Waals surface area contributed by atoms with Gasteiger partial charge in [0.05, 0.1) is 29.7 Å². The Kier molecular flexibility index (Phi) is 4.72. The van der Waals surface area contributed by atoms with Gasteiger partial charge in [-0.1, -0.05) is 39.3 Å². The SMILES string of the molecule is O=C(Nc1ccccc1-n1ccnn1)C1CC(=O)N(c2cccc(Br)c2)C1. The summed E-state index contributed by atoms with van der Waals surface area (Å²) in [5.41, 5.74) is 2.13. The van der Waals surface area contributed by atoms with E-state index in [1.165, 1.54) is 0 Å². The third kappa shape index (κ3) is 3.61. The van der Waals surface area contributed by atoms with E-state index in [4.69, 9.17) is 0 Å². The lowest BCUT2D eigenvalue weighted by Gasteiger charge is -2.17. The summed E-state index contributed by atoms with van der Waals surface area (Å²) in [6.45, 7) is 0.354. The number of nitrogens with one attached hydrogen (secondary N) is 1. The molecule has 136 valence electrons. The maximum absolute atomic E-state index is 12.8. The average Bonchev–Trinajstić information content (AvgIpc) is 3.32. The smallest absolute Gasteiger partial charge is 0.229 e. The molecule has 1 unspecified atom stereocenters. The number of hydrogen-bond acceptors (Lipinski definition) is 4. The van der Waals surface area contributed by atoms with Gasteiger partial charge < -0.3 is 10.2 Å². The summed E-state index contributed by atoms with van der Waals surface area (Å²) in [4.78, 5) is 26.8. The lowest BCUT2D eigenvalue weighted by Crippen LogP contribution is -2.28. The second kappa shape index (κ2) is 7.32. The van der Waals surface area contributed by atoms with Crippen molar-refractivity contribution in [3.8, 4) is 5.69 Å². The predicted octanol–water partition coefficient (Wildman–Crippen LogP) is 3.02. The molecule has 1 aliphatic rings. The summed E-state index contributed by atoms with van der Waals surface area (Å²) in [6, 6.07) is 14.9. The number of amides is 2. The van der Waals surface area contributed by atoms with E-state index < -0.39 is 5.92 Å². The fraction of sp³-hybridized carbons (Fsp3) is 0.158. The molecule has 4 rings (SSSR count). The Morgan fingerprint density at radius 1 is 1.19 bits per heavy atom. The molecule has 2 aromatic carbocycles. The molecular weight excluding hydrogens is 410 g/mol. The van der Waals surface area contributed by atoms with Crippen molar-refractivity contribution < 1.29 is 9.59 Å². The number of carbonyl (C=O) groups excluding carboxylic acids is 2. The van der Waals surface area contributed by atoms with Crippen LogP contribution in [0.4, 0.5) is 11.4 Å². The number of rotatable bonds is 4. The van der Waals surface area contributed by atoms with Crippen molar-refractivity contribution in [3.05, 3.63) is 65.4 Å². The number of anilines is 2. The van der Waals surface area contributed by atoms with Crippen molar-refractivity contribution in [1.29, 1.82) is 0 Å². The first-order valence-corrected chi connectivity index (χ1v) is 9.23. The fourth-order valence-corrected chi connectivity index (χ4v) is 3.51. The highest BCUT2D eigenvalue weighted by molar-refractivity contribution is 9.10. The predicted molar refractivity (Wildman–Crippen MR) is 105 cm³/mol. The molecule has 8 heteroatoms. The van der Waals surface area contributed by atoms with Gasteiger partial charge in [0.1, 0.15) is 0 Å². The Morgan fingerprint density at radius 3 is 2.81 bits per heavy atom. The Labute approximate surface area is 164 Å². The van der Waals surface area contributed by atoms with Gasteiger partial charge in [-0.05, 0) is 30.3 Å². The molecule has 0 aliphatic carbocycles. The molecule has 2 heterocycles. The summed E-state index contributed by atoms with van der Waals surface area (Å²) >= 11 is 3.41. The minimum absolute atomic E-state index is 0.0576. The van der Waals surface area contributed by atoms with E-state index in [0.717, 1.165) is 15.8 Å². The lowest BCUT2D eigenvalue weighted by atomic mass is 10.1. The van der Waals surface area contributed by atoms with Crippen LogP contribution in [0.25, 0.3) is 5.69 Å². The van der Waals surface area contributed by atoms with E-state index in [1.54, 1.807) is 28.0 Å². The normalized spacial score (nSPS) is 16.6. The van der Waals surface area contributed by atoms with Crippen molar-refractivity contribution in [3.63, 3.8) is 0 Å². The zero-order chi connectivity index (χ0) is 18.8. The van der Waals surface area contributed by atoms with Gasteiger partial charge in [0, 0.05) is 23.1 Å². The van der Waals surface area contributed by atoms with Crippen molar-refractivity contribution >= 4 is 39.1 Å². The number of halogens is 1. The molecule has 1 atom stereocenters. The molecule has 0 spiro atoms. The molecule has 27 heavy (non-hydrogen) atoms. The molecule has 0 radical (unpaired) electrons. The summed E-state index contributed by atoms with van der Waals surface area (Å²) in [7, 11) is 0. The number of hydrogen-bond donors (Lipinski definition) is 1. The second-order valence-corrected chi connectivity index (χ2v) is 7.15. The first-order valence-electron chi connectivity index (χ1n) is 8.44. The van der Waals surface area contributed by atoms with Crippen molar-refractivity contribution in [2.75, 3.05) is 16.8 Å². The molecule has 7 nitrogen and oxygen atoms in total. The lowest BCUT2D eigenvalue weighted by molar-refractivity contribution is -0.122. The maximum Gasteiger partial charge on any atom is 0.229 e. The van der Waals surface area contributed by atoms with Crippen LogP contribution < -0.4 is 10.2 Å². The van der Waals surface area contributed by atoms with E-state index in [9.17, 15) is 9.59 Å². The van der Waals surface area contributed by atoms with Crippen LogP contribution in [-0.4, -0.2) is 33.4 Å². The topological polar surface area (TPSA) is 80.1 Å². The Hall–Kier alpha value is -3.00. The monoisotopic (exact) mass is 425 g/mol. The Bertz CT molecular complexity index is 989. The highest BCUT2D eigenvalue weighted by Gasteiger charge is 2.35. The summed E-state index contributed by atoms with van der Waals surface area (Å²) in [5.74, 6) is -0.661. The van der Waals surface area contributed by atoms with E-state index in [1.807, 2.05) is 42.5 Å². The molecule has 1 fully saturated rings. The molecular formula is C19H16BrN5O2. The highest BCUT2D eigenvalue weighted by atomic mass is 79.9. The maximum atomic E-state index is 12.8. The van der Waals surface area contributed by atoms with Gasteiger partial charge in [0.2, 0.25) is 11.8 Å². The number of aromatic nitrogens is 3. The van der Waals surface area contributed by atoms with Crippen molar-refractivity contribution in [2.45, 2.75) is 6.42 Å². The quantitative estimate of drug-likeness (QED) is 0.696. The van der Waals surface area contributed by atoms with Gasteiger partial charge in [-0.25, -0.2) is 4.68 Å². The first-order chi connectivity index (χ1) is 13.1. The molecule has 1 N–H and O–H groups in total. The van der Waals surface area contributed by atoms with Crippen LogP contribution in [0.3, 0.4) is 0 Å². The van der Waals surface area contributed by atoms with Gasteiger partial charge >= 0.3 is 0 Å². The van der Waals surface area contributed by atoms with Crippen LogP contribution in [-0.2, 0) is 9.59 Å². The van der Waals surface area contributed by atoms with Gasteiger partial charge in [-0.15, -0.1) is 5.10 Å². The number of carbonyl (C=O) groups is 2. The molecule has 0 saturated carbocycles. The molecule has 1 saturated heterocycles. The molecule has 1 aliphatic heterocycles. The standard InChI is InChI=1S/C19H16BrN5O2/c20-14-4-3-5-15(11-14)24-12-13(10-18(24)26)19(27)22-16-6-1-2-7-17(16)25-9-8-21-23-25/h1-9,11,13H,10,12H2,(H,22,27). The van der Waals surface area contributed by atoms with Crippen LogP contribution in [0.1, 0.15) is 6.42 Å². The van der Waals surface area contributed by atoms with Crippen LogP contribution in [0.2, 0.25) is 0 Å². The third-order valence-electron chi connectivity index (χ3n) is 4.45. The Morgan fingerprint density at radius 2 is 2.04 bits per heavy atom. The zero-order valence-corrected chi connectivity index (χ0v) is 15.8. The van der Waals surface area contributed by atoms with E-state index in [0.29, 0.717) is 12.2 Å². The fourth-order valence-electron chi connectivity index (χ4n) is 3.13. The molecule has 3 aromatic rings. The van der Waals surface area contributed by atoms with Crippen LogP contribution in [0.15, 0.2) is 65.4 Å². The molecule has 0 bridgehead atoms. The summed E-state index contributed by atoms with van der Waals surface area (Å²) in [6.07, 6.45) is 3.47. The van der Waals surface area contributed by atoms with E-state index >= 15 is 0 Å². The number of nitrogens with zero attached hydrogens (tertiary/aromatic N) is 4. The largest absolute Gasteiger partial charge is 0.324 e. The highest BCUT2D eigenvalue weighted by Crippen LogP contribution is 2.28. The number of benzene rings is 2. The van der Waals surface area contributed by atoms with Crippen LogP contribution >= 0.6 is 15.9 Å². The summed E-state index contributed by atoms with van der Waals surface area (Å²) < 4.78 is 2.48. The van der Waals surface area contributed by atoms with Gasteiger partial charge in [-0.2, -0.15) is 0 Å². The Balaban J connectivity index is 1.51. The van der Waals surface area contributed by atoms with Gasteiger partial charge in [0.15, 0.2) is 0 Å². The van der Waals surface area contributed by atoms with Crippen LogP contribution in [0.5, 0.6) is 0 Å². The zero-order valence-electron chi connectivity index (χ0n) is 14.2. The van der Waals surface area contributed by atoms with Crippen molar-refractivity contribution in [2.24, 2.45) is 5.92 Å². The van der Waals surface area contributed by atoms with E-state index in [2.05, 4.69) is 31.6 Å². The molecule has 2 amide bonds. The minimum Gasteiger partial charge on any atom is -0.324 e.